The Balaban J connectivity index is 1.74. The van der Waals surface area contributed by atoms with Crippen molar-refractivity contribution in [3.05, 3.63) is 29.7 Å². The Kier molecular flexibility index (Phi) is 5.88. The van der Waals surface area contributed by atoms with Crippen molar-refractivity contribution in [2.24, 2.45) is 0 Å². The van der Waals surface area contributed by atoms with Gasteiger partial charge in [0, 0.05) is 21.8 Å². The number of nitrogens with one attached hydrogen (secondary N) is 3. The van der Waals surface area contributed by atoms with Gasteiger partial charge in [0.25, 0.3) is 0 Å². The molecule has 160 valence electrons. The minimum absolute atomic E-state index is 0.0558. The first kappa shape index (κ1) is 20.9. The summed E-state index contributed by atoms with van der Waals surface area (Å²) in [5.74, 6) is 2.52. The van der Waals surface area contributed by atoms with E-state index in [2.05, 4.69) is 63.7 Å². The predicted molar refractivity (Wildman–Crippen MR) is 123 cm³/mol. The summed E-state index contributed by atoms with van der Waals surface area (Å²) in [6, 6.07) is 4.21. The van der Waals surface area contributed by atoms with Gasteiger partial charge in [-0.3, -0.25) is 5.10 Å². The van der Waals surface area contributed by atoms with E-state index in [-0.39, 0.29) is 10.9 Å². The number of hydrogen-bond acceptors (Lipinski definition) is 7. The van der Waals surface area contributed by atoms with Crippen LogP contribution in [-0.2, 0) is 0 Å². The highest BCUT2D eigenvalue weighted by atomic mass is 32.2. The van der Waals surface area contributed by atoms with Crippen molar-refractivity contribution in [3.63, 3.8) is 0 Å². The maximum Gasteiger partial charge on any atom is 0.142 e. The molecule has 0 unspecified atom stereocenters. The number of aromatic nitrogens is 4. The molecular formula is C22H30N6OS. The zero-order chi connectivity index (χ0) is 21.3. The average Bonchev–Trinajstić information content (AvgIpc) is 3.01. The number of fused-ring (bicyclic) bond motifs is 1. The van der Waals surface area contributed by atoms with E-state index in [4.69, 9.17) is 4.74 Å². The van der Waals surface area contributed by atoms with Crippen molar-refractivity contribution in [3.8, 4) is 5.75 Å². The second-order valence-electron chi connectivity index (χ2n) is 8.75. The predicted octanol–water partition coefficient (Wildman–Crippen LogP) is 4.73. The lowest BCUT2D eigenvalue weighted by molar-refractivity contribution is 0.159. The molecule has 3 heterocycles. The van der Waals surface area contributed by atoms with E-state index in [9.17, 15) is 0 Å². The molecule has 0 saturated carbocycles. The second-order valence-corrected chi connectivity index (χ2v) is 10.6. The molecule has 0 atom stereocenters. The molecular weight excluding hydrogens is 396 g/mol. The van der Waals surface area contributed by atoms with Crippen LogP contribution in [0.2, 0.25) is 0 Å². The van der Waals surface area contributed by atoms with Crippen LogP contribution in [0, 0.1) is 13.8 Å². The first-order valence-corrected chi connectivity index (χ1v) is 11.3. The highest BCUT2D eigenvalue weighted by Crippen LogP contribution is 2.42. The number of benzene rings is 1. The maximum atomic E-state index is 6.46. The van der Waals surface area contributed by atoms with Gasteiger partial charge in [0.15, 0.2) is 0 Å². The van der Waals surface area contributed by atoms with Gasteiger partial charge < -0.3 is 15.4 Å². The van der Waals surface area contributed by atoms with E-state index in [0.29, 0.717) is 0 Å². The lowest BCUT2D eigenvalue weighted by atomic mass is 10.1. The third kappa shape index (κ3) is 4.70. The van der Waals surface area contributed by atoms with Gasteiger partial charge in [0.1, 0.15) is 29.8 Å². The van der Waals surface area contributed by atoms with Crippen LogP contribution in [0.3, 0.4) is 0 Å². The summed E-state index contributed by atoms with van der Waals surface area (Å²) in [7, 11) is 0. The molecule has 1 saturated heterocycles. The zero-order valence-corrected chi connectivity index (χ0v) is 19.1. The van der Waals surface area contributed by atoms with Gasteiger partial charge in [-0.25, -0.2) is 9.97 Å². The average molecular weight is 427 g/mol. The number of thioether (sulfide) groups is 1. The Morgan fingerprint density at radius 3 is 2.57 bits per heavy atom. The van der Waals surface area contributed by atoms with E-state index < -0.39 is 0 Å². The molecule has 3 N–H and O–H groups in total. The highest BCUT2D eigenvalue weighted by Gasteiger charge is 2.22. The van der Waals surface area contributed by atoms with Crippen LogP contribution in [0.25, 0.3) is 10.9 Å². The van der Waals surface area contributed by atoms with E-state index >= 15 is 0 Å². The van der Waals surface area contributed by atoms with Crippen LogP contribution in [0.1, 0.15) is 44.9 Å². The van der Waals surface area contributed by atoms with Crippen LogP contribution in [0.4, 0.5) is 11.6 Å². The molecule has 0 radical (unpaired) electrons. The molecule has 7 nitrogen and oxygen atoms in total. The number of H-pyrrole nitrogens is 1. The molecule has 2 aromatic heterocycles. The molecule has 0 bridgehead atoms. The van der Waals surface area contributed by atoms with Crippen molar-refractivity contribution >= 4 is 34.3 Å². The van der Waals surface area contributed by atoms with E-state index in [1.54, 1.807) is 6.33 Å². The largest absolute Gasteiger partial charge is 0.489 e. The third-order valence-corrected chi connectivity index (χ3v) is 6.34. The summed E-state index contributed by atoms with van der Waals surface area (Å²) < 4.78 is 6.52. The summed E-state index contributed by atoms with van der Waals surface area (Å²) in [6.07, 6.45) is 3.87. The van der Waals surface area contributed by atoms with Crippen molar-refractivity contribution in [1.82, 2.24) is 25.5 Å². The fourth-order valence-corrected chi connectivity index (χ4v) is 4.53. The van der Waals surface area contributed by atoms with Gasteiger partial charge >= 0.3 is 0 Å². The number of aryl methyl sites for hydroxylation is 1. The van der Waals surface area contributed by atoms with Crippen LogP contribution in [0.5, 0.6) is 5.75 Å². The fourth-order valence-electron chi connectivity index (χ4n) is 3.49. The number of piperidine rings is 1. The van der Waals surface area contributed by atoms with Gasteiger partial charge in [-0.2, -0.15) is 5.10 Å². The molecule has 3 aromatic rings. The molecule has 0 spiro atoms. The van der Waals surface area contributed by atoms with Crippen molar-refractivity contribution in [2.75, 3.05) is 18.4 Å². The first-order chi connectivity index (χ1) is 14.3. The Morgan fingerprint density at radius 1 is 1.13 bits per heavy atom. The molecule has 1 aromatic carbocycles. The van der Waals surface area contributed by atoms with Crippen LogP contribution < -0.4 is 15.4 Å². The van der Waals surface area contributed by atoms with Crippen LogP contribution in [-0.4, -0.2) is 44.1 Å². The summed E-state index contributed by atoms with van der Waals surface area (Å²) in [6.45, 7) is 12.7. The summed E-state index contributed by atoms with van der Waals surface area (Å²) in [4.78, 5) is 10.1. The van der Waals surface area contributed by atoms with E-state index in [0.717, 1.165) is 70.4 Å². The number of anilines is 2. The van der Waals surface area contributed by atoms with Gasteiger partial charge in [0.2, 0.25) is 0 Å². The lowest BCUT2D eigenvalue weighted by Crippen LogP contribution is -2.34. The van der Waals surface area contributed by atoms with Gasteiger partial charge in [-0.05, 0) is 45.8 Å². The Morgan fingerprint density at radius 2 is 1.90 bits per heavy atom. The van der Waals surface area contributed by atoms with E-state index in [1.807, 2.05) is 25.6 Å². The van der Waals surface area contributed by atoms with Gasteiger partial charge in [-0.1, -0.05) is 20.8 Å². The van der Waals surface area contributed by atoms with Crippen molar-refractivity contribution < 1.29 is 4.74 Å². The van der Waals surface area contributed by atoms with Crippen LogP contribution in [0.15, 0.2) is 23.4 Å². The SMILES string of the molecule is Cc1n[nH]c(Nc2ncnc3cc(OC4CCNCC4)c(SC(C)(C)C)cc23)c1C. The molecule has 0 aliphatic carbocycles. The number of hydrogen-bond donors (Lipinski definition) is 3. The number of rotatable bonds is 5. The molecule has 1 aliphatic rings. The lowest BCUT2D eigenvalue weighted by Gasteiger charge is -2.27. The fraction of sp³-hybridized carbons (Fsp3) is 0.500. The summed E-state index contributed by atoms with van der Waals surface area (Å²) in [5.41, 5.74) is 2.91. The van der Waals surface area contributed by atoms with E-state index in [1.165, 1.54) is 0 Å². The standard InChI is InChI=1S/C22H30N6OS/c1-13-14(2)27-28-20(13)26-21-16-10-19(30-22(3,4)5)18(11-17(16)24-12-25-21)29-15-6-8-23-9-7-15/h10-12,15,23H,6-9H2,1-5H3,(H2,24,25,26,27,28). The quantitative estimate of drug-likeness (QED) is 0.508. The van der Waals surface area contributed by atoms with Gasteiger partial charge in [0.05, 0.1) is 16.1 Å². The summed E-state index contributed by atoms with van der Waals surface area (Å²) in [5, 5.41) is 15.1. The Hall–Kier alpha value is -2.32. The highest BCUT2D eigenvalue weighted by molar-refractivity contribution is 8.00. The molecule has 30 heavy (non-hydrogen) atoms. The monoisotopic (exact) mass is 426 g/mol. The topological polar surface area (TPSA) is 87.8 Å². The van der Waals surface area contributed by atoms with Crippen LogP contribution >= 0.6 is 11.8 Å². The van der Waals surface area contributed by atoms with Crippen molar-refractivity contribution in [2.45, 2.75) is 63.2 Å². The molecule has 8 heteroatoms. The van der Waals surface area contributed by atoms with Crippen molar-refractivity contribution in [1.29, 1.82) is 0 Å². The minimum atomic E-state index is 0.0558. The number of nitrogens with zero attached hydrogens (tertiary/aromatic N) is 3. The second kappa shape index (κ2) is 8.43. The third-order valence-electron chi connectivity index (χ3n) is 5.19. The Bertz CT molecular complexity index is 1040. The Labute approximate surface area is 181 Å². The maximum absolute atomic E-state index is 6.46. The first-order valence-electron chi connectivity index (χ1n) is 10.4. The molecule has 0 amide bonds. The molecule has 1 aliphatic heterocycles. The minimum Gasteiger partial charge on any atom is -0.489 e. The zero-order valence-electron chi connectivity index (χ0n) is 18.3. The normalized spacial score (nSPS) is 15.5. The number of ether oxygens (including phenoxy) is 1. The summed E-state index contributed by atoms with van der Waals surface area (Å²) >= 11 is 1.81. The smallest absolute Gasteiger partial charge is 0.142 e. The molecule has 4 rings (SSSR count). The molecule has 1 fully saturated rings. The number of aromatic amines is 1. The van der Waals surface area contributed by atoms with Gasteiger partial charge in [-0.15, -0.1) is 11.8 Å².